The van der Waals surface area contributed by atoms with Gasteiger partial charge in [-0.2, -0.15) is 0 Å². The Morgan fingerprint density at radius 2 is 1.52 bits per heavy atom. The fourth-order valence-electron chi connectivity index (χ4n) is 2.85. The van der Waals surface area contributed by atoms with E-state index < -0.39 is 10.0 Å². The topological polar surface area (TPSA) is 93.7 Å². The average Bonchev–Trinajstić information content (AvgIpc) is 2.79. The Bertz CT molecular complexity index is 1100. The summed E-state index contributed by atoms with van der Waals surface area (Å²) in [5.41, 5.74) is 1.52. The first-order valence-electron chi connectivity index (χ1n) is 9.67. The molecule has 8 heteroatoms. The lowest BCUT2D eigenvalue weighted by atomic mass is 10.2. The first-order valence-corrected chi connectivity index (χ1v) is 11.2. The van der Waals surface area contributed by atoms with Crippen molar-refractivity contribution in [2.45, 2.75) is 11.3 Å². The highest BCUT2D eigenvalue weighted by Gasteiger charge is 2.14. The number of sulfonamides is 1. The third kappa shape index (κ3) is 6.56. The van der Waals surface area contributed by atoms with Crippen LogP contribution in [-0.2, 0) is 21.2 Å². The fourth-order valence-corrected chi connectivity index (χ4v) is 3.89. The van der Waals surface area contributed by atoms with E-state index in [9.17, 15) is 13.2 Å². The molecule has 3 rings (SSSR count). The van der Waals surface area contributed by atoms with Crippen molar-refractivity contribution < 1.29 is 22.7 Å². The van der Waals surface area contributed by atoms with Crippen molar-refractivity contribution in [3.8, 4) is 11.5 Å². The van der Waals surface area contributed by atoms with Gasteiger partial charge in [0.15, 0.2) is 18.1 Å². The number of amides is 1. The predicted octanol–water partition coefficient (Wildman–Crippen LogP) is 3.23. The molecule has 3 aromatic rings. The molecule has 0 saturated heterocycles. The van der Waals surface area contributed by atoms with E-state index in [2.05, 4.69) is 10.0 Å². The number of carbonyl (C=O) groups is 1. The van der Waals surface area contributed by atoms with Crippen LogP contribution in [0.4, 0.5) is 5.69 Å². The van der Waals surface area contributed by atoms with Crippen LogP contribution < -0.4 is 19.5 Å². The maximum absolute atomic E-state index is 12.4. The van der Waals surface area contributed by atoms with E-state index in [4.69, 9.17) is 9.47 Å². The Kier molecular flexibility index (Phi) is 7.64. The van der Waals surface area contributed by atoms with Crippen molar-refractivity contribution in [1.82, 2.24) is 4.72 Å². The van der Waals surface area contributed by atoms with Gasteiger partial charge in [-0.25, -0.2) is 13.1 Å². The van der Waals surface area contributed by atoms with Crippen molar-refractivity contribution in [2.24, 2.45) is 0 Å². The summed E-state index contributed by atoms with van der Waals surface area (Å²) in [7, 11) is -2.11. The van der Waals surface area contributed by atoms with Gasteiger partial charge in [0.2, 0.25) is 10.0 Å². The molecule has 0 aromatic heterocycles. The summed E-state index contributed by atoms with van der Waals surface area (Å²) in [5, 5.41) is 2.67. The van der Waals surface area contributed by atoms with Gasteiger partial charge in [-0.15, -0.1) is 0 Å². The molecule has 0 saturated carbocycles. The lowest BCUT2D eigenvalue weighted by Crippen LogP contribution is -2.26. The summed E-state index contributed by atoms with van der Waals surface area (Å²) >= 11 is 0. The Hall–Kier alpha value is -3.36. The van der Waals surface area contributed by atoms with E-state index in [1.165, 1.54) is 31.4 Å². The molecule has 7 nitrogen and oxygen atoms in total. The molecule has 0 heterocycles. The van der Waals surface area contributed by atoms with Crippen LogP contribution >= 0.6 is 0 Å². The highest BCUT2D eigenvalue weighted by Crippen LogP contribution is 2.25. The van der Waals surface area contributed by atoms with Crippen LogP contribution in [0.15, 0.2) is 83.8 Å². The molecule has 0 spiro atoms. The molecule has 0 unspecified atom stereocenters. The number of benzene rings is 3. The largest absolute Gasteiger partial charge is 0.493 e. The molecule has 0 bridgehead atoms. The number of rotatable bonds is 10. The summed E-state index contributed by atoms with van der Waals surface area (Å²) in [4.78, 5) is 12.3. The van der Waals surface area contributed by atoms with Crippen LogP contribution in [0.3, 0.4) is 0 Å². The third-order valence-electron chi connectivity index (χ3n) is 4.42. The smallest absolute Gasteiger partial charge is 0.262 e. The standard InChI is InChI=1S/C23H24N2O5S/c1-29-21-9-5-6-10-22(21)30-17-23(26)25-19-11-13-20(14-12-19)31(27,28)24-16-15-18-7-3-2-4-8-18/h2-14,24H,15-17H2,1H3,(H,25,26). The molecule has 0 radical (unpaired) electrons. The molecular weight excluding hydrogens is 416 g/mol. The molecule has 31 heavy (non-hydrogen) atoms. The molecule has 0 aliphatic rings. The minimum atomic E-state index is -3.63. The summed E-state index contributed by atoms with van der Waals surface area (Å²) in [6.07, 6.45) is 0.598. The van der Waals surface area contributed by atoms with E-state index in [0.29, 0.717) is 30.2 Å². The molecule has 0 aliphatic carbocycles. The van der Waals surface area contributed by atoms with E-state index in [1.807, 2.05) is 30.3 Å². The highest BCUT2D eigenvalue weighted by atomic mass is 32.2. The Morgan fingerprint density at radius 3 is 2.19 bits per heavy atom. The number of ether oxygens (including phenoxy) is 2. The number of methoxy groups -OCH3 is 1. The van der Waals surface area contributed by atoms with Crippen LogP contribution in [0.5, 0.6) is 11.5 Å². The summed E-state index contributed by atoms with van der Waals surface area (Å²) in [6, 6.07) is 22.6. The van der Waals surface area contributed by atoms with E-state index in [0.717, 1.165) is 5.56 Å². The summed E-state index contributed by atoms with van der Waals surface area (Å²) < 4.78 is 38.1. The van der Waals surface area contributed by atoms with Crippen LogP contribution in [0.25, 0.3) is 0 Å². The Balaban J connectivity index is 1.51. The minimum absolute atomic E-state index is 0.129. The number of para-hydroxylation sites is 2. The van der Waals surface area contributed by atoms with Gasteiger partial charge in [0.05, 0.1) is 12.0 Å². The average molecular weight is 441 g/mol. The summed E-state index contributed by atoms with van der Waals surface area (Å²) in [5.74, 6) is 0.621. The van der Waals surface area contributed by atoms with E-state index in [-0.39, 0.29) is 17.4 Å². The Labute approximate surface area is 182 Å². The number of hydrogen-bond donors (Lipinski definition) is 2. The van der Waals surface area contributed by atoms with Crippen LogP contribution in [0, 0.1) is 0 Å². The van der Waals surface area contributed by atoms with E-state index >= 15 is 0 Å². The van der Waals surface area contributed by atoms with Crippen LogP contribution in [-0.4, -0.2) is 34.6 Å². The fraction of sp³-hybridized carbons (Fsp3) is 0.174. The van der Waals surface area contributed by atoms with Crippen LogP contribution in [0.2, 0.25) is 0 Å². The molecule has 0 aliphatic heterocycles. The molecule has 0 fully saturated rings. The van der Waals surface area contributed by atoms with Crippen molar-refractivity contribution in [1.29, 1.82) is 0 Å². The first-order chi connectivity index (χ1) is 15.0. The van der Waals surface area contributed by atoms with E-state index in [1.54, 1.807) is 24.3 Å². The zero-order chi connectivity index (χ0) is 22.1. The van der Waals surface area contributed by atoms with Crippen molar-refractivity contribution >= 4 is 21.6 Å². The lowest BCUT2D eigenvalue weighted by Gasteiger charge is -2.11. The highest BCUT2D eigenvalue weighted by molar-refractivity contribution is 7.89. The number of anilines is 1. The maximum atomic E-state index is 12.4. The molecule has 2 N–H and O–H groups in total. The van der Waals surface area contributed by atoms with Crippen LogP contribution in [0.1, 0.15) is 5.56 Å². The molecular formula is C23H24N2O5S. The monoisotopic (exact) mass is 440 g/mol. The molecule has 1 amide bonds. The molecule has 162 valence electrons. The zero-order valence-electron chi connectivity index (χ0n) is 17.1. The Morgan fingerprint density at radius 1 is 0.871 bits per heavy atom. The third-order valence-corrected chi connectivity index (χ3v) is 5.90. The second-order valence-corrected chi connectivity index (χ2v) is 8.41. The van der Waals surface area contributed by atoms with Gasteiger partial charge in [-0.05, 0) is 48.4 Å². The van der Waals surface area contributed by atoms with Gasteiger partial charge in [0.1, 0.15) is 0 Å². The zero-order valence-corrected chi connectivity index (χ0v) is 17.9. The van der Waals surface area contributed by atoms with Crippen molar-refractivity contribution in [3.05, 3.63) is 84.4 Å². The van der Waals surface area contributed by atoms with Gasteiger partial charge in [-0.1, -0.05) is 42.5 Å². The van der Waals surface area contributed by atoms with Gasteiger partial charge in [0.25, 0.3) is 5.91 Å². The lowest BCUT2D eigenvalue weighted by molar-refractivity contribution is -0.118. The van der Waals surface area contributed by atoms with Gasteiger partial charge >= 0.3 is 0 Å². The maximum Gasteiger partial charge on any atom is 0.262 e. The predicted molar refractivity (Wildman–Crippen MR) is 119 cm³/mol. The first kappa shape index (κ1) is 22.3. The van der Waals surface area contributed by atoms with Crippen molar-refractivity contribution in [3.63, 3.8) is 0 Å². The molecule has 3 aromatic carbocycles. The number of nitrogens with one attached hydrogen (secondary N) is 2. The quantitative estimate of drug-likeness (QED) is 0.505. The summed E-state index contributed by atoms with van der Waals surface area (Å²) in [6.45, 7) is 0.0899. The van der Waals surface area contributed by atoms with Crippen molar-refractivity contribution in [2.75, 3.05) is 25.6 Å². The van der Waals surface area contributed by atoms with Gasteiger partial charge in [-0.3, -0.25) is 4.79 Å². The second-order valence-electron chi connectivity index (χ2n) is 6.65. The van der Waals surface area contributed by atoms with Gasteiger partial charge in [0, 0.05) is 12.2 Å². The number of carbonyl (C=O) groups excluding carboxylic acids is 1. The normalized spacial score (nSPS) is 11.0. The minimum Gasteiger partial charge on any atom is -0.493 e. The second kappa shape index (κ2) is 10.6. The number of hydrogen-bond acceptors (Lipinski definition) is 5. The van der Waals surface area contributed by atoms with Gasteiger partial charge < -0.3 is 14.8 Å². The SMILES string of the molecule is COc1ccccc1OCC(=O)Nc1ccc(S(=O)(=O)NCCc2ccccc2)cc1. The molecule has 0 atom stereocenters.